The number of halogens is 5. The minimum absolute atomic E-state index is 0.0374. The molecule has 0 atom stereocenters. The molecule has 7 aromatic heterocycles. The molecule has 0 unspecified atom stereocenters. The fourth-order valence-electron chi connectivity index (χ4n) is 14.5. The van der Waals surface area contributed by atoms with Crippen LogP contribution in [0, 0.1) is 0 Å². The molecule has 132 heavy (non-hydrogen) atoms. The molecule has 14 aromatic rings. The Balaban J connectivity index is 0.000000135. The van der Waals surface area contributed by atoms with Crippen molar-refractivity contribution in [1.82, 2.24) is 90.6 Å². The zero-order valence-electron chi connectivity index (χ0n) is 72.8. The number of fused-ring (bicyclic) bond motifs is 1. The van der Waals surface area contributed by atoms with E-state index < -0.39 is 10.0 Å². The van der Waals surface area contributed by atoms with Crippen molar-refractivity contribution in [3.05, 3.63) is 253 Å². The fraction of sp³-hybridized carbons (Fsp3) is 0.277. The molecule has 7 aromatic carbocycles. The summed E-state index contributed by atoms with van der Waals surface area (Å²) in [5.74, 6) is 6.64. The molecule has 1 aliphatic heterocycles. The molecule has 682 valence electrons. The number of ether oxygens (including phenoxy) is 2. The number of methoxy groups -OCH3 is 1. The first-order chi connectivity index (χ1) is 63.7. The molecule has 0 bridgehead atoms. The second kappa shape index (κ2) is 42.4. The van der Waals surface area contributed by atoms with Crippen LogP contribution in [0.15, 0.2) is 183 Å². The normalized spacial score (nSPS) is 13.4. The van der Waals surface area contributed by atoms with Gasteiger partial charge in [-0.25, -0.2) is 67.8 Å². The third-order valence-electron chi connectivity index (χ3n) is 21.2. The van der Waals surface area contributed by atoms with Crippen molar-refractivity contribution in [2.75, 3.05) is 79.4 Å². The Morgan fingerprint density at radius 1 is 0.583 bits per heavy atom. The van der Waals surface area contributed by atoms with Gasteiger partial charge in [0.05, 0.1) is 109 Å². The lowest BCUT2D eigenvalue weighted by atomic mass is 10.0. The molecule has 4 aliphatic rings. The quantitative estimate of drug-likeness (QED) is 0.0186. The van der Waals surface area contributed by atoms with Gasteiger partial charge in [-0.1, -0.05) is 125 Å². The number of H-pyrrole nitrogens is 3. The number of aliphatic hydroxyl groups excluding tert-OH is 2. The minimum atomic E-state index is -3.69. The number of hydrogen-bond acceptors (Lipinski definition) is 23. The van der Waals surface area contributed by atoms with E-state index in [1.54, 1.807) is 97.4 Å². The maximum atomic E-state index is 12.8. The summed E-state index contributed by atoms with van der Waals surface area (Å²) < 4.78 is 39.8. The van der Waals surface area contributed by atoms with Crippen molar-refractivity contribution in [3.63, 3.8) is 0 Å². The number of urea groups is 2. The molecule has 4 fully saturated rings. The van der Waals surface area contributed by atoms with Gasteiger partial charge in [0.1, 0.15) is 29.0 Å². The Morgan fingerprint density at radius 3 is 1.80 bits per heavy atom. The lowest BCUT2D eigenvalue weighted by Gasteiger charge is -2.20. The molecular weight excluding hydrogens is 1800 g/mol. The summed E-state index contributed by atoms with van der Waals surface area (Å²) in [5, 5.41) is 44.1. The molecule has 38 heteroatoms. The number of anilines is 5. The van der Waals surface area contributed by atoms with E-state index >= 15 is 0 Å². The van der Waals surface area contributed by atoms with E-state index in [-0.39, 0.29) is 42.5 Å². The largest absolute Gasteiger partial charge is 0.496 e. The monoisotopic (exact) mass is 1900 g/mol. The minimum Gasteiger partial charge on any atom is -0.496 e. The second-order valence-corrected chi connectivity index (χ2v) is 36.4. The van der Waals surface area contributed by atoms with Crippen LogP contribution < -0.4 is 51.4 Å². The van der Waals surface area contributed by atoms with E-state index in [9.17, 15) is 33.0 Å². The van der Waals surface area contributed by atoms with Crippen molar-refractivity contribution in [3.8, 4) is 85.3 Å². The molecule has 18 rings (SSSR count). The van der Waals surface area contributed by atoms with Gasteiger partial charge in [0.25, 0.3) is 0 Å². The Labute approximate surface area is 786 Å². The number of benzene rings is 7. The predicted molar refractivity (Wildman–Crippen MR) is 515 cm³/mol. The summed E-state index contributed by atoms with van der Waals surface area (Å²) >= 11 is 31.1. The van der Waals surface area contributed by atoms with Gasteiger partial charge in [-0.05, 0) is 161 Å². The first-order valence-corrected chi connectivity index (χ1v) is 46.2. The molecule has 0 radical (unpaired) electrons. The number of aliphatic hydroxyl groups is 2. The fourth-order valence-corrected chi connectivity index (χ4v) is 16.6. The number of nitrogens with zero attached hydrogens (tertiary/aromatic N) is 12. The topological polar surface area (TPSA) is 433 Å². The van der Waals surface area contributed by atoms with Crippen LogP contribution >= 0.6 is 58.0 Å². The third-order valence-corrected chi connectivity index (χ3v) is 24.1. The van der Waals surface area contributed by atoms with Gasteiger partial charge in [0.15, 0.2) is 0 Å². The lowest BCUT2D eigenvalue weighted by Crippen LogP contribution is -2.47. The van der Waals surface area contributed by atoms with Crippen LogP contribution in [0.3, 0.4) is 0 Å². The lowest BCUT2D eigenvalue weighted by molar-refractivity contribution is -0.114. The number of sulfonamides is 1. The Kier molecular flexibility index (Phi) is 30.1. The number of imidazole rings is 3. The number of aromatic nitrogens is 14. The van der Waals surface area contributed by atoms with E-state index in [0.29, 0.717) is 175 Å². The van der Waals surface area contributed by atoms with Crippen LogP contribution in [0.4, 0.5) is 38.8 Å². The van der Waals surface area contributed by atoms with Gasteiger partial charge >= 0.3 is 12.1 Å². The van der Waals surface area contributed by atoms with Gasteiger partial charge in [0, 0.05) is 157 Å². The van der Waals surface area contributed by atoms with E-state index in [4.69, 9.17) is 82.4 Å². The SMILES string of the molecule is CC(C)(C)NC(=O)NCCNc1nccc(-c2[nH]c(C3CC3)nc2-c2ccccc2Cl)n1.CNc1nccc(-c2[nH]c(C3CC3)nc2-c2cccc(NS(=O)(=O)Cc3ccc(Cl)c(Cl)c3)c2)n1.COc1cc(Cc2cncc(Oc3ccc(NC(C)=O)c4ccccc34)n2)cc(CO)c1CO.O=C1NCCN1CCNc1nccc(-c2[nH]c(C3CC3)nc2-c2cc(Cl)ccc2Cl)n1. The highest BCUT2D eigenvalue weighted by molar-refractivity contribution is 7.91. The van der Waals surface area contributed by atoms with E-state index in [1.165, 1.54) is 20.2 Å². The zero-order chi connectivity index (χ0) is 92.7. The van der Waals surface area contributed by atoms with Gasteiger partial charge < -0.3 is 76.8 Å². The van der Waals surface area contributed by atoms with Crippen molar-refractivity contribution >= 4 is 126 Å². The van der Waals surface area contributed by atoms with Crippen LogP contribution in [-0.2, 0) is 40.2 Å². The Morgan fingerprint density at radius 2 is 1.19 bits per heavy atom. The van der Waals surface area contributed by atoms with Crippen LogP contribution in [-0.4, -0.2) is 170 Å². The number of hydrogen-bond donors (Lipinski definition) is 13. The third kappa shape index (κ3) is 24.5. The number of rotatable bonds is 30. The molecule has 3 saturated carbocycles. The van der Waals surface area contributed by atoms with Crippen LogP contribution in [0.5, 0.6) is 17.4 Å². The Hall–Kier alpha value is -13.1. The predicted octanol–water partition coefficient (Wildman–Crippen LogP) is 18.4. The second-order valence-electron chi connectivity index (χ2n) is 32.6. The molecule has 5 amide bonds. The van der Waals surface area contributed by atoms with Gasteiger partial charge in [-0.3, -0.25) is 14.5 Å². The van der Waals surface area contributed by atoms with Crippen molar-refractivity contribution in [1.29, 1.82) is 0 Å². The highest BCUT2D eigenvalue weighted by Gasteiger charge is 2.33. The number of aromatic amines is 3. The molecule has 13 N–H and O–H groups in total. The van der Waals surface area contributed by atoms with Crippen LogP contribution in [0.1, 0.15) is 129 Å². The Bertz CT molecular complexity index is 6620. The van der Waals surface area contributed by atoms with Gasteiger partial charge in [-0.2, -0.15) is 0 Å². The van der Waals surface area contributed by atoms with Crippen molar-refractivity contribution in [2.45, 2.75) is 115 Å². The van der Waals surface area contributed by atoms with Crippen molar-refractivity contribution < 1.29 is 42.5 Å². The first kappa shape index (κ1) is 93.6. The molecular formula is C94H96Cl5N23O9S. The highest BCUT2D eigenvalue weighted by Crippen LogP contribution is 2.47. The van der Waals surface area contributed by atoms with E-state index in [0.717, 1.165) is 123 Å². The molecule has 1 saturated heterocycles. The highest BCUT2D eigenvalue weighted by atomic mass is 35.5. The van der Waals surface area contributed by atoms with Gasteiger partial charge in [-0.15, -0.1) is 0 Å². The summed E-state index contributed by atoms with van der Waals surface area (Å²) in [5.41, 5.74) is 13.2. The average Bonchev–Trinajstić information content (AvgIpc) is 1.61. The maximum absolute atomic E-state index is 12.8. The van der Waals surface area contributed by atoms with Crippen LogP contribution in [0.2, 0.25) is 25.1 Å². The van der Waals surface area contributed by atoms with E-state index in [1.807, 2.05) is 112 Å². The number of amides is 5. The summed E-state index contributed by atoms with van der Waals surface area (Å²) in [4.78, 5) is 97.3. The molecule has 3 aliphatic carbocycles. The van der Waals surface area contributed by atoms with Crippen molar-refractivity contribution in [2.24, 2.45) is 0 Å². The average molecular weight is 1900 g/mol. The summed E-state index contributed by atoms with van der Waals surface area (Å²) in [6.07, 6.45) is 15.4. The van der Waals surface area contributed by atoms with Gasteiger partial charge in [0.2, 0.25) is 39.7 Å². The maximum Gasteiger partial charge on any atom is 0.317 e. The number of carbonyl (C=O) groups is 3. The number of carbonyl (C=O) groups excluding carboxylic acids is 3. The van der Waals surface area contributed by atoms with Crippen LogP contribution in [0.25, 0.3) is 78.7 Å². The molecule has 8 heterocycles. The van der Waals surface area contributed by atoms with E-state index in [2.05, 4.69) is 96.8 Å². The summed E-state index contributed by atoms with van der Waals surface area (Å²) in [6.45, 7) is 10.3. The zero-order valence-corrected chi connectivity index (χ0v) is 77.4. The molecule has 32 nitrogen and oxygen atoms in total. The number of nitrogens with one attached hydrogen (secondary N) is 11. The molecule has 0 spiro atoms. The summed E-state index contributed by atoms with van der Waals surface area (Å²) in [7, 11) is -0.411. The standard InChI is InChI=1S/C26H25N3O5.C24H22Cl2N6O2S.C23H28ClN7O.C21H21Cl2N7O/c1-16(32)28-23-7-8-24(21-6-4-3-5-20(21)23)34-26-13-27-12-19(29-26)10-17-9-18(14-30)22(15-31)25(11-17)33-2;1-27-24-28-10-9-20(29-24)22-21(30-23(31-22)15-6-7-15)16-3-2-4-17(12-16)32-35(33,34)13-14-5-8-18(25)19(26)11-14;1-23(2,3)31-22(32)27-13-12-26-21-25-11-10-17(28-21)19-18(15-6-4-5-7-16(15)24)29-20(30-19)14-8-9-14;22-13-3-4-15(23)14(11-13)17-18(29-19(28-17)12-1-2-12)16-5-6-24-20(27-16)25-7-9-30-10-8-26-21(30)31/h3-9,11-13,30-31H,10,14-15H2,1-2H3,(H,28,32);2-5,8-12,15,32H,6-7,13H2,1H3,(H,30,31)(H,27,28,29);4-7,10-11,14H,8-9,12-13H2,1-3H3,(H,29,30)(H,25,26,28)(H2,27,31,32);3-6,11-12H,1-2,7-10H2,(H,26,31)(H,28,29)(H,24,25,27). The summed E-state index contributed by atoms with van der Waals surface area (Å²) in [6, 6.07) is 45.1. The first-order valence-electron chi connectivity index (χ1n) is 42.7. The smallest absolute Gasteiger partial charge is 0.317 e.